The van der Waals surface area contributed by atoms with Gasteiger partial charge in [0, 0.05) is 12.3 Å². The Morgan fingerprint density at radius 1 is 1.32 bits per heavy atom. The van der Waals surface area contributed by atoms with Crippen molar-refractivity contribution >= 4 is 11.8 Å². The fourth-order valence-electron chi connectivity index (χ4n) is 2.79. The summed E-state index contributed by atoms with van der Waals surface area (Å²) in [6, 6.07) is 7.27. The largest absolute Gasteiger partial charge is 0.462 e. The van der Waals surface area contributed by atoms with Gasteiger partial charge in [0.25, 0.3) is 0 Å². The lowest BCUT2D eigenvalue weighted by Gasteiger charge is -2.27. The van der Waals surface area contributed by atoms with Crippen molar-refractivity contribution in [3.8, 4) is 0 Å². The van der Waals surface area contributed by atoms with Crippen molar-refractivity contribution in [2.24, 2.45) is 5.92 Å². The molecule has 0 amide bonds. The molecule has 19 heavy (non-hydrogen) atoms. The third-order valence-electron chi connectivity index (χ3n) is 3.78. The molecule has 0 spiro atoms. The minimum atomic E-state index is -0.308. The number of carbonyl (C=O) groups excluding carboxylic acids is 2. The molecule has 3 heteroatoms. The Bertz CT molecular complexity index is 461. The van der Waals surface area contributed by atoms with Crippen molar-refractivity contribution in [1.29, 1.82) is 0 Å². The van der Waals surface area contributed by atoms with Crippen LogP contribution in [0.4, 0.5) is 0 Å². The van der Waals surface area contributed by atoms with Gasteiger partial charge in [-0.25, -0.2) is 4.79 Å². The minimum Gasteiger partial charge on any atom is -0.462 e. The minimum absolute atomic E-state index is 0.00926. The summed E-state index contributed by atoms with van der Waals surface area (Å²) in [5, 5.41) is 0. The molecule has 1 aliphatic rings. The summed E-state index contributed by atoms with van der Waals surface area (Å²) in [6.07, 6.45) is 2.77. The maximum Gasteiger partial charge on any atom is 0.338 e. The summed E-state index contributed by atoms with van der Waals surface area (Å²) in [5.74, 6) is 0.388. The standard InChI is InChI=1S/C16H20O3/c1-3-19-16(18)13-9-7-12(8-10-13)15-11(2)5-4-6-14(15)17/h7-11,15H,3-6H2,1-2H3/t11-,15-/m0/s1. The third kappa shape index (κ3) is 3.03. The highest BCUT2D eigenvalue weighted by atomic mass is 16.5. The summed E-state index contributed by atoms with van der Waals surface area (Å²) in [4.78, 5) is 23.6. The first-order chi connectivity index (χ1) is 9.13. The quantitative estimate of drug-likeness (QED) is 0.783. The van der Waals surface area contributed by atoms with Crippen LogP contribution in [0.25, 0.3) is 0 Å². The number of carbonyl (C=O) groups is 2. The van der Waals surface area contributed by atoms with E-state index in [1.807, 2.05) is 12.1 Å². The molecule has 0 aliphatic heterocycles. The summed E-state index contributed by atoms with van der Waals surface area (Å²) in [7, 11) is 0. The molecule has 3 nitrogen and oxygen atoms in total. The molecule has 0 saturated heterocycles. The van der Waals surface area contributed by atoms with Crippen LogP contribution in [0.15, 0.2) is 24.3 Å². The molecule has 102 valence electrons. The molecule has 1 aromatic rings. The van der Waals surface area contributed by atoms with Gasteiger partial charge in [-0.05, 0) is 43.4 Å². The predicted molar refractivity (Wildman–Crippen MR) is 73.2 cm³/mol. The van der Waals surface area contributed by atoms with Crippen molar-refractivity contribution < 1.29 is 14.3 Å². The molecule has 1 aromatic carbocycles. The first-order valence-electron chi connectivity index (χ1n) is 6.93. The lowest BCUT2D eigenvalue weighted by molar-refractivity contribution is -0.123. The summed E-state index contributed by atoms with van der Waals surface area (Å²) < 4.78 is 4.95. The van der Waals surface area contributed by atoms with Gasteiger partial charge in [0.1, 0.15) is 5.78 Å². The Balaban J connectivity index is 2.17. The SMILES string of the molecule is CCOC(=O)c1ccc([C@H]2C(=O)CCC[C@@H]2C)cc1. The molecule has 0 radical (unpaired) electrons. The maximum atomic E-state index is 12.0. The lowest BCUT2D eigenvalue weighted by Crippen LogP contribution is -2.24. The molecular formula is C16H20O3. The maximum absolute atomic E-state index is 12.0. The van der Waals surface area contributed by atoms with Gasteiger partial charge in [-0.1, -0.05) is 19.1 Å². The third-order valence-corrected chi connectivity index (χ3v) is 3.78. The van der Waals surface area contributed by atoms with Crippen LogP contribution < -0.4 is 0 Å². The van der Waals surface area contributed by atoms with Crippen LogP contribution in [0.3, 0.4) is 0 Å². The van der Waals surface area contributed by atoms with E-state index < -0.39 is 0 Å². The molecule has 1 fully saturated rings. The van der Waals surface area contributed by atoms with E-state index >= 15 is 0 Å². The molecule has 0 N–H and O–H groups in total. The topological polar surface area (TPSA) is 43.4 Å². The average molecular weight is 260 g/mol. The highest BCUT2D eigenvalue weighted by molar-refractivity contribution is 5.90. The van der Waals surface area contributed by atoms with E-state index in [1.54, 1.807) is 19.1 Å². The van der Waals surface area contributed by atoms with Crippen molar-refractivity contribution in [3.05, 3.63) is 35.4 Å². The molecule has 0 aromatic heterocycles. The predicted octanol–water partition coefficient (Wildman–Crippen LogP) is 3.34. The molecule has 1 aliphatic carbocycles. The Kier molecular flexibility index (Phi) is 4.35. The fourth-order valence-corrected chi connectivity index (χ4v) is 2.79. The van der Waals surface area contributed by atoms with E-state index in [0.717, 1.165) is 18.4 Å². The number of ketones is 1. The second kappa shape index (κ2) is 6.00. The van der Waals surface area contributed by atoms with Crippen LogP contribution in [0.1, 0.15) is 54.9 Å². The van der Waals surface area contributed by atoms with Crippen molar-refractivity contribution in [2.75, 3.05) is 6.61 Å². The number of hydrogen-bond acceptors (Lipinski definition) is 3. The highest BCUT2D eigenvalue weighted by Crippen LogP contribution is 2.35. The van der Waals surface area contributed by atoms with Crippen LogP contribution >= 0.6 is 0 Å². The van der Waals surface area contributed by atoms with Crippen LogP contribution in [0.2, 0.25) is 0 Å². The normalized spacial score (nSPS) is 23.2. The van der Waals surface area contributed by atoms with E-state index in [2.05, 4.69) is 6.92 Å². The monoisotopic (exact) mass is 260 g/mol. The Morgan fingerprint density at radius 2 is 2.00 bits per heavy atom. The molecule has 1 saturated carbocycles. The number of benzene rings is 1. The molecule has 0 bridgehead atoms. The number of ether oxygens (including phenoxy) is 1. The van der Waals surface area contributed by atoms with E-state index in [4.69, 9.17) is 4.74 Å². The molecule has 0 heterocycles. The number of esters is 1. The zero-order valence-electron chi connectivity index (χ0n) is 11.5. The van der Waals surface area contributed by atoms with Crippen LogP contribution in [0.5, 0.6) is 0 Å². The van der Waals surface area contributed by atoms with Gasteiger partial charge >= 0.3 is 5.97 Å². The van der Waals surface area contributed by atoms with Gasteiger partial charge in [-0.2, -0.15) is 0 Å². The number of hydrogen-bond donors (Lipinski definition) is 0. The highest BCUT2D eigenvalue weighted by Gasteiger charge is 2.30. The average Bonchev–Trinajstić information content (AvgIpc) is 2.39. The van der Waals surface area contributed by atoms with Crippen LogP contribution in [-0.2, 0) is 9.53 Å². The first kappa shape index (κ1) is 13.8. The van der Waals surface area contributed by atoms with Crippen LogP contribution in [0, 0.1) is 5.92 Å². The first-order valence-corrected chi connectivity index (χ1v) is 6.93. The fraction of sp³-hybridized carbons (Fsp3) is 0.500. The smallest absolute Gasteiger partial charge is 0.338 e. The molecule has 2 rings (SSSR count). The second-order valence-corrected chi connectivity index (χ2v) is 5.16. The number of rotatable bonds is 3. The van der Waals surface area contributed by atoms with Gasteiger partial charge in [0.2, 0.25) is 0 Å². The van der Waals surface area contributed by atoms with E-state index in [9.17, 15) is 9.59 Å². The van der Waals surface area contributed by atoms with Crippen molar-refractivity contribution in [2.45, 2.75) is 39.0 Å². The summed E-state index contributed by atoms with van der Waals surface area (Å²) in [5.41, 5.74) is 1.56. The second-order valence-electron chi connectivity index (χ2n) is 5.16. The summed E-state index contributed by atoms with van der Waals surface area (Å²) in [6.45, 7) is 4.29. The molecule has 0 unspecified atom stereocenters. The van der Waals surface area contributed by atoms with Gasteiger partial charge in [-0.15, -0.1) is 0 Å². The van der Waals surface area contributed by atoms with Gasteiger partial charge in [0.15, 0.2) is 0 Å². The number of Topliss-reactive ketones (excluding diaryl/α,β-unsaturated/α-hetero) is 1. The molecule has 2 atom stereocenters. The van der Waals surface area contributed by atoms with Gasteiger partial charge in [-0.3, -0.25) is 4.79 Å². The zero-order chi connectivity index (χ0) is 13.8. The van der Waals surface area contributed by atoms with Gasteiger partial charge < -0.3 is 4.74 Å². The van der Waals surface area contributed by atoms with E-state index in [1.165, 1.54) is 0 Å². The van der Waals surface area contributed by atoms with E-state index in [0.29, 0.717) is 30.3 Å². The van der Waals surface area contributed by atoms with Gasteiger partial charge in [0.05, 0.1) is 12.2 Å². The Hall–Kier alpha value is -1.64. The van der Waals surface area contributed by atoms with Crippen molar-refractivity contribution in [3.63, 3.8) is 0 Å². The molecular weight excluding hydrogens is 240 g/mol. The summed E-state index contributed by atoms with van der Waals surface area (Å²) >= 11 is 0. The zero-order valence-corrected chi connectivity index (χ0v) is 11.5. The lowest BCUT2D eigenvalue weighted by atomic mass is 9.75. The van der Waals surface area contributed by atoms with Crippen molar-refractivity contribution in [1.82, 2.24) is 0 Å². The Labute approximate surface area is 114 Å². The Morgan fingerprint density at radius 3 is 2.58 bits per heavy atom. The van der Waals surface area contributed by atoms with E-state index in [-0.39, 0.29) is 11.9 Å². The van der Waals surface area contributed by atoms with Crippen LogP contribution in [-0.4, -0.2) is 18.4 Å².